The van der Waals surface area contributed by atoms with Gasteiger partial charge in [-0.25, -0.2) is 0 Å². The van der Waals surface area contributed by atoms with Gasteiger partial charge in [-0.05, 0) is 39.4 Å². The number of ketones is 1. The zero-order chi connectivity index (χ0) is 14.0. The van der Waals surface area contributed by atoms with Crippen molar-refractivity contribution in [1.29, 1.82) is 0 Å². The van der Waals surface area contributed by atoms with Crippen LogP contribution in [0.15, 0.2) is 0 Å². The molecular weight excluding hydrogens is 242 g/mol. The molecule has 0 radical (unpaired) electrons. The van der Waals surface area contributed by atoms with E-state index in [0.717, 1.165) is 30.6 Å². The summed E-state index contributed by atoms with van der Waals surface area (Å²) in [6, 6.07) is 0. The molecule has 5 nitrogen and oxygen atoms in total. The van der Waals surface area contributed by atoms with Crippen molar-refractivity contribution in [3.63, 3.8) is 0 Å². The smallest absolute Gasteiger partial charge is 0.253 e. The number of hydrogen-bond donors (Lipinski definition) is 2. The molecule has 104 valence electrons. The number of hydrogen-bond acceptors (Lipinski definition) is 3. The minimum absolute atomic E-state index is 0.0773. The maximum atomic E-state index is 12.2. The molecule has 1 aromatic heterocycles. The van der Waals surface area contributed by atoms with E-state index in [9.17, 15) is 9.59 Å². The maximum absolute atomic E-state index is 12.2. The first-order valence-electron chi connectivity index (χ1n) is 6.68. The lowest BCUT2D eigenvalue weighted by atomic mass is 9.93. The molecular formula is C14H21N3O2. The number of likely N-dealkylation sites (N-methyl/N-ethyl adjacent to an activating group) is 1. The quantitative estimate of drug-likeness (QED) is 0.856. The summed E-state index contributed by atoms with van der Waals surface area (Å²) in [5.74, 6) is 0.0447. The van der Waals surface area contributed by atoms with E-state index in [2.05, 4.69) is 10.3 Å². The number of amides is 1. The van der Waals surface area contributed by atoms with Crippen molar-refractivity contribution in [3.05, 3.63) is 22.5 Å². The highest BCUT2D eigenvalue weighted by Crippen LogP contribution is 2.26. The molecule has 0 atom stereocenters. The number of rotatable bonds is 4. The van der Waals surface area contributed by atoms with Gasteiger partial charge in [-0.2, -0.15) is 0 Å². The molecule has 0 aromatic carbocycles. The van der Waals surface area contributed by atoms with Gasteiger partial charge in [0.25, 0.3) is 5.91 Å². The van der Waals surface area contributed by atoms with Crippen LogP contribution in [0.1, 0.15) is 44.9 Å². The van der Waals surface area contributed by atoms with Gasteiger partial charge < -0.3 is 15.2 Å². The molecule has 5 heteroatoms. The summed E-state index contributed by atoms with van der Waals surface area (Å²) < 4.78 is 0. The third-order valence-electron chi connectivity index (χ3n) is 3.47. The number of fused-ring (bicyclic) bond motifs is 1. The average Bonchev–Trinajstić information content (AvgIpc) is 2.66. The summed E-state index contributed by atoms with van der Waals surface area (Å²) in [5, 5.41) is 2.91. The van der Waals surface area contributed by atoms with E-state index in [1.165, 1.54) is 0 Å². The number of aryl methyl sites for hydroxylation is 1. The number of aromatic amines is 1. The van der Waals surface area contributed by atoms with Crippen LogP contribution in [0.2, 0.25) is 0 Å². The Morgan fingerprint density at radius 2 is 2.11 bits per heavy atom. The SMILES string of the molecule is Cc1[nH]c2c(c1C(=O)NCCN(C)C)CCCC2=O. The number of aromatic nitrogens is 1. The summed E-state index contributed by atoms with van der Waals surface area (Å²) in [6.45, 7) is 3.27. The fourth-order valence-corrected chi connectivity index (χ4v) is 2.50. The second-order valence-electron chi connectivity index (χ2n) is 5.31. The molecule has 0 bridgehead atoms. The third-order valence-corrected chi connectivity index (χ3v) is 3.47. The maximum Gasteiger partial charge on any atom is 0.253 e. The molecule has 2 rings (SSSR count). The lowest BCUT2D eigenvalue weighted by molar-refractivity contribution is 0.0949. The second kappa shape index (κ2) is 5.57. The van der Waals surface area contributed by atoms with E-state index in [1.807, 2.05) is 25.9 Å². The first kappa shape index (κ1) is 13.8. The van der Waals surface area contributed by atoms with Crippen LogP contribution in [0, 0.1) is 6.92 Å². The van der Waals surface area contributed by atoms with Crippen molar-refractivity contribution in [2.75, 3.05) is 27.2 Å². The summed E-state index contributed by atoms with van der Waals surface area (Å²) >= 11 is 0. The Morgan fingerprint density at radius 3 is 2.79 bits per heavy atom. The van der Waals surface area contributed by atoms with Crippen molar-refractivity contribution in [2.24, 2.45) is 0 Å². The summed E-state index contributed by atoms with van der Waals surface area (Å²) in [7, 11) is 3.93. The lowest BCUT2D eigenvalue weighted by Crippen LogP contribution is -2.32. The van der Waals surface area contributed by atoms with Gasteiger partial charge in [0.05, 0.1) is 11.3 Å². The number of Topliss-reactive ketones (excluding diaryl/α,β-unsaturated/α-hetero) is 1. The van der Waals surface area contributed by atoms with E-state index < -0.39 is 0 Å². The van der Waals surface area contributed by atoms with Gasteiger partial charge in [-0.3, -0.25) is 9.59 Å². The molecule has 2 N–H and O–H groups in total. The highest BCUT2D eigenvalue weighted by molar-refractivity contribution is 6.04. The van der Waals surface area contributed by atoms with Gasteiger partial charge in [-0.15, -0.1) is 0 Å². The zero-order valence-electron chi connectivity index (χ0n) is 11.8. The molecule has 0 saturated carbocycles. The van der Waals surface area contributed by atoms with Crippen LogP contribution in [0.5, 0.6) is 0 Å². The van der Waals surface area contributed by atoms with Crippen LogP contribution in [-0.4, -0.2) is 48.8 Å². The summed E-state index contributed by atoms with van der Waals surface area (Å²) in [5.41, 5.74) is 3.00. The van der Waals surface area contributed by atoms with Crippen LogP contribution in [0.4, 0.5) is 0 Å². The Labute approximate surface area is 113 Å². The van der Waals surface area contributed by atoms with Crippen LogP contribution >= 0.6 is 0 Å². The number of nitrogens with one attached hydrogen (secondary N) is 2. The monoisotopic (exact) mass is 263 g/mol. The molecule has 19 heavy (non-hydrogen) atoms. The number of nitrogens with zero attached hydrogens (tertiary/aromatic N) is 1. The van der Waals surface area contributed by atoms with Crippen molar-refractivity contribution < 1.29 is 9.59 Å². The first-order chi connectivity index (χ1) is 9.00. The summed E-state index contributed by atoms with van der Waals surface area (Å²) in [4.78, 5) is 29.1. The highest BCUT2D eigenvalue weighted by atomic mass is 16.1. The van der Waals surface area contributed by atoms with Crippen LogP contribution in [0.25, 0.3) is 0 Å². The molecule has 0 aliphatic heterocycles. The minimum Gasteiger partial charge on any atom is -0.355 e. The van der Waals surface area contributed by atoms with Gasteiger partial charge >= 0.3 is 0 Å². The van der Waals surface area contributed by atoms with E-state index in [4.69, 9.17) is 0 Å². The Bertz CT molecular complexity index is 503. The topological polar surface area (TPSA) is 65.2 Å². The molecule has 0 unspecified atom stereocenters. The highest BCUT2D eigenvalue weighted by Gasteiger charge is 2.26. The normalized spacial score (nSPS) is 14.6. The van der Waals surface area contributed by atoms with E-state index >= 15 is 0 Å². The molecule has 0 fully saturated rings. The molecule has 0 saturated heterocycles. The van der Waals surface area contributed by atoms with Crippen molar-refractivity contribution >= 4 is 11.7 Å². The molecule has 1 aromatic rings. The minimum atomic E-state index is -0.0773. The van der Waals surface area contributed by atoms with Gasteiger partial charge in [0.1, 0.15) is 0 Å². The third kappa shape index (κ3) is 2.87. The predicted molar refractivity (Wildman–Crippen MR) is 73.7 cm³/mol. The summed E-state index contributed by atoms with van der Waals surface area (Å²) in [6.07, 6.45) is 2.22. The lowest BCUT2D eigenvalue weighted by Gasteiger charge is -2.13. The zero-order valence-corrected chi connectivity index (χ0v) is 11.8. The molecule has 1 aliphatic carbocycles. The van der Waals surface area contributed by atoms with E-state index in [0.29, 0.717) is 24.2 Å². The Hall–Kier alpha value is -1.62. The number of carbonyl (C=O) groups excluding carboxylic acids is 2. The van der Waals surface area contributed by atoms with Gasteiger partial charge in [0, 0.05) is 25.2 Å². The van der Waals surface area contributed by atoms with Crippen molar-refractivity contribution in [3.8, 4) is 0 Å². The largest absolute Gasteiger partial charge is 0.355 e. The fraction of sp³-hybridized carbons (Fsp3) is 0.571. The molecule has 1 amide bonds. The standard InChI is InChI=1S/C14H21N3O2/c1-9-12(14(19)15-7-8-17(2)3)10-5-4-6-11(18)13(10)16-9/h16H,4-8H2,1-3H3,(H,15,19). The average molecular weight is 263 g/mol. The van der Waals surface area contributed by atoms with Crippen molar-refractivity contribution in [1.82, 2.24) is 15.2 Å². The molecule has 0 spiro atoms. The van der Waals surface area contributed by atoms with Crippen LogP contribution in [0.3, 0.4) is 0 Å². The first-order valence-corrected chi connectivity index (χ1v) is 6.68. The second-order valence-corrected chi connectivity index (χ2v) is 5.31. The fourth-order valence-electron chi connectivity index (χ4n) is 2.50. The van der Waals surface area contributed by atoms with Gasteiger partial charge in [0.15, 0.2) is 5.78 Å². The van der Waals surface area contributed by atoms with Crippen molar-refractivity contribution in [2.45, 2.75) is 26.2 Å². The van der Waals surface area contributed by atoms with Crippen LogP contribution < -0.4 is 5.32 Å². The Kier molecular flexibility index (Phi) is 4.04. The van der Waals surface area contributed by atoms with E-state index in [-0.39, 0.29) is 11.7 Å². The van der Waals surface area contributed by atoms with E-state index in [1.54, 1.807) is 0 Å². The Morgan fingerprint density at radius 1 is 1.37 bits per heavy atom. The predicted octanol–water partition coefficient (Wildman–Crippen LogP) is 1.13. The molecule has 1 heterocycles. The Balaban J connectivity index is 2.16. The van der Waals surface area contributed by atoms with Gasteiger partial charge in [0.2, 0.25) is 0 Å². The van der Waals surface area contributed by atoms with Gasteiger partial charge in [-0.1, -0.05) is 0 Å². The number of carbonyl (C=O) groups is 2. The molecule has 1 aliphatic rings. The van der Waals surface area contributed by atoms with Crippen LogP contribution in [-0.2, 0) is 6.42 Å². The number of H-pyrrole nitrogens is 1.